The van der Waals surface area contributed by atoms with Gasteiger partial charge in [0.2, 0.25) is 0 Å². The second-order valence-corrected chi connectivity index (χ2v) is 4.53. The van der Waals surface area contributed by atoms with Crippen LogP contribution >= 0.6 is 0 Å². The number of phenolic OH excluding ortho intramolecular Hbond substituents is 1. The third kappa shape index (κ3) is 1.22. The maximum absolute atomic E-state index is 9.76. The van der Waals surface area contributed by atoms with E-state index in [0.717, 1.165) is 18.5 Å². The van der Waals surface area contributed by atoms with Crippen molar-refractivity contribution in [2.24, 2.45) is 0 Å². The van der Waals surface area contributed by atoms with Crippen LogP contribution in [0.4, 0.5) is 0 Å². The first-order chi connectivity index (χ1) is 6.53. The number of hydrogen-bond acceptors (Lipinski definition) is 2. The van der Waals surface area contributed by atoms with Crippen LogP contribution in [0.3, 0.4) is 0 Å². The number of likely N-dealkylation sites (N-methyl/N-ethyl adjacent to an activating group) is 1. The van der Waals surface area contributed by atoms with E-state index in [1.807, 2.05) is 6.07 Å². The van der Waals surface area contributed by atoms with Crippen LogP contribution in [-0.4, -0.2) is 23.6 Å². The molecule has 0 bridgehead atoms. The number of aromatic hydroxyl groups is 1. The molecule has 2 rings (SSSR count). The second kappa shape index (κ2) is 2.99. The summed E-state index contributed by atoms with van der Waals surface area (Å²) in [5.74, 6) is 0.448. The molecule has 0 radical (unpaired) electrons. The van der Waals surface area contributed by atoms with E-state index in [4.69, 9.17) is 0 Å². The molecule has 2 heteroatoms. The van der Waals surface area contributed by atoms with Crippen LogP contribution < -0.4 is 0 Å². The molecule has 0 spiro atoms. The molecule has 1 aromatic carbocycles. The molecule has 0 saturated carbocycles. The van der Waals surface area contributed by atoms with E-state index in [2.05, 4.69) is 31.9 Å². The molecule has 0 aromatic heterocycles. The number of rotatable bonds is 0. The molecule has 0 atom stereocenters. The lowest BCUT2D eigenvalue weighted by atomic mass is 9.83. The van der Waals surface area contributed by atoms with Gasteiger partial charge in [-0.25, -0.2) is 0 Å². The third-order valence-electron chi connectivity index (χ3n) is 3.46. The predicted octanol–water partition coefficient (Wildman–Crippen LogP) is 2.12. The predicted molar refractivity (Wildman–Crippen MR) is 57.5 cm³/mol. The van der Waals surface area contributed by atoms with Gasteiger partial charge in [-0.15, -0.1) is 0 Å². The fourth-order valence-electron chi connectivity index (χ4n) is 2.18. The topological polar surface area (TPSA) is 23.5 Å². The van der Waals surface area contributed by atoms with E-state index in [1.54, 1.807) is 6.07 Å². The first-order valence-electron chi connectivity index (χ1n) is 5.06. The van der Waals surface area contributed by atoms with E-state index in [1.165, 1.54) is 5.56 Å². The van der Waals surface area contributed by atoms with Crippen molar-refractivity contribution in [3.05, 3.63) is 29.3 Å². The summed E-state index contributed by atoms with van der Waals surface area (Å²) >= 11 is 0. The summed E-state index contributed by atoms with van der Waals surface area (Å²) in [7, 11) is 2.13. The van der Waals surface area contributed by atoms with Gasteiger partial charge >= 0.3 is 0 Å². The van der Waals surface area contributed by atoms with Crippen LogP contribution in [0.2, 0.25) is 0 Å². The highest BCUT2D eigenvalue weighted by Gasteiger charge is 2.32. The van der Waals surface area contributed by atoms with Gasteiger partial charge in [-0.3, -0.25) is 4.90 Å². The Bertz CT molecular complexity index is 357. The van der Waals surface area contributed by atoms with Crippen molar-refractivity contribution in [2.45, 2.75) is 25.8 Å². The highest BCUT2D eigenvalue weighted by atomic mass is 16.3. The molecule has 1 aliphatic heterocycles. The normalized spacial score (nSPS) is 20.5. The van der Waals surface area contributed by atoms with Crippen molar-refractivity contribution < 1.29 is 5.11 Å². The first-order valence-corrected chi connectivity index (χ1v) is 5.06. The maximum atomic E-state index is 9.76. The van der Waals surface area contributed by atoms with E-state index in [9.17, 15) is 5.11 Å². The summed E-state index contributed by atoms with van der Waals surface area (Å²) in [6.45, 7) is 5.41. The molecule has 1 aromatic rings. The minimum absolute atomic E-state index is 0.0341. The van der Waals surface area contributed by atoms with Crippen LogP contribution in [-0.2, 0) is 12.0 Å². The Labute approximate surface area is 85.2 Å². The van der Waals surface area contributed by atoms with Gasteiger partial charge in [0.05, 0.1) is 0 Å². The van der Waals surface area contributed by atoms with Gasteiger partial charge in [-0.2, -0.15) is 0 Å². The zero-order valence-corrected chi connectivity index (χ0v) is 9.04. The lowest BCUT2D eigenvalue weighted by Crippen LogP contribution is -2.43. The van der Waals surface area contributed by atoms with Gasteiger partial charge in [-0.1, -0.05) is 12.1 Å². The van der Waals surface area contributed by atoms with Gasteiger partial charge in [0.1, 0.15) is 5.75 Å². The number of phenols is 1. The molecule has 14 heavy (non-hydrogen) atoms. The monoisotopic (exact) mass is 191 g/mol. The summed E-state index contributed by atoms with van der Waals surface area (Å²) in [6.07, 6.45) is 0.946. The number of fused-ring (bicyclic) bond motifs is 1. The first kappa shape index (κ1) is 9.53. The zero-order chi connectivity index (χ0) is 10.3. The molecule has 1 N–H and O–H groups in total. The zero-order valence-electron chi connectivity index (χ0n) is 9.04. The van der Waals surface area contributed by atoms with E-state index in [0.29, 0.717) is 5.75 Å². The van der Waals surface area contributed by atoms with Crippen molar-refractivity contribution in [1.82, 2.24) is 4.90 Å². The molecule has 76 valence electrons. The highest BCUT2D eigenvalue weighted by Crippen LogP contribution is 2.37. The lowest BCUT2D eigenvalue weighted by molar-refractivity contribution is 0.142. The van der Waals surface area contributed by atoms with E-state index >= 15 is 0 Å². The number of hydrogen-bond donors (Lipinski definition) is 1. The van der Waals surface area contributed by atoms with Crippen molar-refractivity contribution in [3.63, 3.8) is 0 Å². The van der Waals surface area contributed by atoms with Crippen LogP contribution in [0.15, 0.2) is 18.2 Å². The summed E-state index contributed by atoms with van der Waals surface area (Å²) in [5.41, 5.74) is 2.41. The molecular formula is C12H17NO. The van der Waals surface area contributed by atoms with Crippen molar-refractivity contribution in [1.29, 1.82) is 0 Å². The molecule has 1 heterocycles. The number of benzene rings is 1. The second-order valence-electron chi connectivity index (χ2n) is 4.53. The quantitative estimate of drug-likeness (QED) is 0.679. The fourth-order valence-corrected chi connectivity index (χ4v) is 2.18. The average molecular weight is 191 g/mol. The third-order valence-corrected chi connectivity index (χ3v) is 3.46. The Morgan fingerprint density at radius 2 is 2.07 bits per heavy atom. The molecule has 0 aliphatic carbocycles. The molecule has 0 fully saturated rings. The summed E-state index contributed by atoms with van der Waals surface area (Å²) in [6, 6.07) is 5.82. The standard InChI is InChI=1S/C12H17NO/c1-12(2)10-5-4-6-11(14)9(10)7-8-13(12)3/h4-6,14H,7-8H2,1-3H3. The van der Waals surface area contributed by atoms with Crippen molar-refractivity contribution >= 4 is 0 Å². The Hall–Kier alpha value is -1.02. The molecule has 2 nitrogen and oxygen atoms in total. The van der Waals surface area contributed by atoms with Crippen LogP contribution in [0.5, 0.6) is 5.75 Å². The summed E-state index contributed by atoms with van der Waals surface area (Å²) in [5, 5.41) is 9.76. The van der Waals surface area contributed by atoms with Gasteiger partial charge in [0.25, 0.3) is 0 Å². The van der Waals surface area contributed by atoms with E-state index in [-0.39, 0.29) is 5.54 Å². The Morgan fingerprint density at radius 1 is 1.36 bits per heavy atom. The Kier molecular flexibility index (Phi) is 2.04. The minimum Gasteiger partial charge on any atom is -0.508 e. The Balaban J connectivity index is 2.59. The molecule has 0 unspecified atom stereocenters. The smallest absolute Gasteiger partial charge is 0.119 e. The average Bonchev–Trinajstić information content (AvgIpc) is 2.13. The van der Waals surface area contributed by atoms with Gasteiger partial charge in [0, 0.05) is 17.6 Å². The molecule has 0 amide bonds. The van der Waals surface area contributed by atoms with Crippen LogP contribution in [0.1, 0.15) is 25.0 Å². The number of nitrogens with zero attached hydrogens (tertiary/aromatic N) is 1. The van der Waals surface area contributed by atoms with Gasteiger partial charge in [0.15, 0.2) is 0 Å². The largest absolute Gasteiger partial charge is 0.508 e. The highest BCUT2D eigenvalue weighted by molar-refractivity contribution is 5.44. The molecule has 0 saturated heterocycles. The molecule has 1 aliphatic rings. The minimum atomic E-state index is 0.0341. The molecular weight excluding hydrogens is 174 g/mol. The summed E-state index contributed by atoms with van der Waals surface area (Å²) < 4.78 is 0. The van der Waals surface area contributed by atoms with Crippen molar-refractivity contribution in [2.75, 3.05) is 13.6 Å². The van der Waals surface area contributed by atoms with E-state index < -0.39 is 0 Å². The maximum Gasteiger partial charge on any atom is 0.119 e. The van der Waals surface area contributed by atoms with Crippen LogP contribution in [0.25, 0.3) is 0 Å². The Morgan fingerprint density at radius 3 is 2.79 bits per heavy atom. The van der Waals surface area contributed by atoms with Crippen molar-refractivity contribution in [3.8, 4) is 5.75 Å². The van der Waals surface area contributed by atoms with Gasteiger partial charge in [-0.05, 0) is 38.9 Å². The van der Waals surface area contributed by atoms with Gasteiger partial charge < -0.3 is 5.11 Å². The lowest BCUT2D eigenvalue weighted by Gasteiger charge is -2.41. The summed E-state index contributed by atoms with van der Waals surface area (Å²) in [4.78, 5) is 2.33. The SMILES string of the molecule is CN1CCc2c(O)cccc2C1(C)C. The fraction of sp³-hybridized carbons (Fsp3) is 0.500. The van der Waals surface area contributed by atoms with Crippen LogP contribution in [0, 0.1) is 0 Å².